The Hall–Kier alpha value is -3.42. The van der Waals surface area contributed by atoms with Gasteiger partial charge in [-0.15, -0.1) is 0 Å². The summed E-state index contributed by atoms with van der Waals surface area (Å²) in [6.45, 7) is 2.10. The highest BCUT2D eigenvalue weighted by molar-refractivity contribution is 5.82. The van der Waals surface area contributed by atoms with Gasteiger partial charge in [-0.05, 0) is 25.1 Å². The zero-order valence-corrected chi connectivity index (χ0v) is 14.1. The van der Waals surface area contributed by atoms with E-state index in [1.165, 1.54) is 6.33 Å². The van der Waals surface area contributed by atoms with Crippen molar-refractivity contribution in [2.45, 2.75) is 25.7 Å². The van der Waals surface area contributed by atoms with Crippen molar-refractivity contribution in [1.29, 1.82) is 0 Å². The highest BCUT2D eigenvalue weighted by Gasteiger charge is 2.33. The van der Waals surface area contributed by atoms with E-state index in [1.54, 1.807) is 29.3 Å². The van der Waals surface area contributed by atoms with Gasteiger partial charge in [-0.2, -0.15) is 5.10 Å². The standard InChI is InChI=1S/C18H17N5O3/c1-12-16(26-15-7-3-2-6-14(15)25-12)18(24)21-9-13-5-4-8-20-17(13)23-11-19-10-22-23/h2-8,10-12,16H,9H2,1H3,(H,21,24)/t12-,16+/m1/s1. The lowest BCUT2D eigenvalue weighted by Crippen LogP contribution is -2.48. The number of aromatic nitrogens is 4. The number of hydrogen-bond acceptors (Lipinski definition) is 6. The minimum Gasteiger partial charge on any atom is -0.482 e. The van der Waals surface area contributed by atoms with Gasteiger partial charge in [-0.25, -0.2) is 14.6 Å². The monoisotopic (exact) mass is 351 g/mol. The Kier molecular flexibility index (Phi) is 4.22. The topological polar surface area (TPSA) is 91.2 Å². The molecule has 3 aromatic rings. The first kappa shape index (κ1) is 16.1. The summed E-state index contributed by atoms with van der Waals surface area (Å²) in [5.74, 6) is 1.57. The van der Waals surface area contributed by atoms with Gasteiger partial charge in [0.25, 0.3) is 5.91 Å². The van der Waals surface area contributed by atoms with Crippen molar-refractivity contribution in [3.8, 4) is 17.3 Å². The summed E-state index contributed by atoms with van der Waals surface area (Å²) in [6, 6.07) is 11.0. The average Bonchev–Trinajstić information content (AvgIpc) is 3.20. The molecule has 4 rings (SSSR count). The van der Waals surface area contributed by atoms with Gasteiger partial charge in [0.1, 0.15) is 18.8 Å². The number of carbonyl (C=O) groups is 1. The number of fused-ring (bicyclic) bond motifs is 1. The van der Waals surface area contributed by atoms with Crippen LogP contribution in [0.5, 0.6) is 11.5 Å². The summed E-state index contributed by atoms with van der Waals surface area (Å²) in [4.78, 5) is 20.9. The first-order chi connectivity index (χ1) is 12.7. The Morgan fingerprint density at radius 1 is 1.19 bits per heavy atom. The molecule has 0 unspecified atom stereocenters. The number of para-hydroxylation sites is 2. The zero-order chi connectivity index (χ0) is 17.9. The van der Waals surface area contributed by atoms with Crippen LogP contribution in [-0.2, 0) is 11.3 Å². The van der Waals surface area contributed by atoms with Gasteiger partial charge in [-0.1, -0.05) is 18.2 Å². The smallest absolute Gasteiger partial charge is 0.265 e. The number of carbonyl (C=O) groups excluding carboxylic acids is 1. The Labute approximate surface area is 149 Å². The van der Waals surface area contributed by atoms with Crippen molar-refractivity contribution in [2.24, 2.45) is 0 Å². The van der Waals surface area contributed by atoms with Gasteiger partial charge in [0, 0.05) is 18.3 Å². The Balaban J connectivity index is 1.47. The fourth-order valence-corrected chi connectivity index (χ4v) is 2.78. The fraction of sp³-hybridized carbons (Fsp3) is 0.222. The van der Waals surface area contributed by atoms with Crippen LogP contribution in [-0.4, -0.2) is 37.9 Å². The highest BCUT2D eigenvalue weighted by atomic mass is 16.6. The van der Waals surface area contributed by atoms with E-state index in [4.69, 9.17) is 9.47 Å². The van der Waals surface area contributed by atoms with Crippen molar-refractivity contribution in [1.82, 2.24) is 25.1 Å². The largest absolute Gasteiger partial charge is 0.482 e. The van der Waals surface area contributed by atoms with Crippen LogP contribution in [0.2, 0.25) is 0 Å². The van der Waals surface area contributed by atoms with E-state index in [0.29, 0.717) is 17.3 Å². The second-order valence-corrected chi connectivity index (χ2v) is 5.85. The normalized spacial score (nSPS) is 18.3. The second kappa shape index (κ2) is 6.83. The Morgan fingerprint density at radius 3 is 2.77 bits per heavy atom. The van der Waals surface area contributed by atoms with E-state index in [0.717, 1.165) is 5.56 Å². The van der Waals surface area contributed by atoms with Crippen LogP contribution in [0.3, 0.4) is 0 Å². The number of hydrogen-bond donors (Lipinski definition) is 1. The number of nitrogens with zero attached hydrogens (tertiary/aromatic N) is 4. The lowest BCUT2D eigenvalue weighted by atomic mass is 10.1. The van der Waals surface area contributed by atoms with Crippen molar-refractivity contribution in [3.05, 3.63) is 60.8 Å². The maximum absolute atomic E-state index is 12.6. The molecule has 0 fully saturated rings. The van der Waals surface area contributed by atoms with E-state index >= 15 is 0 Å². The van der Waals surface area contributed by atoms with E-state index in [-0.39, 0.29) is 12.5 Å². The molecule has 0 saturated heterocycles. The molecule has 0 saturated carbocycles. The van der Waals surface area contributed by atoms with Crippen LogP contribution < -0.4 is 14.8 Å². The third kappa shape index (κ3) is 3.08. The summed E-state index contributed by atoms with van der Waals surface area (Å²) in [7, 11) is 0. The van der Waals surface area contributed by atoms with Gasteiger partial charge in [-0.3, -0.25) is 4.79 Å². The fourth-order valence-electron chi connectivity index (χ4n) is 2.78. The van der Waals surface area contributed by atoms with Gasteiger partial charge in [0.15, 0.2) is 17.3 Å². The molecule has 0 radical (unpaired) electrons. The molecule has 1 N–H and O–H groups in total. The molecule has 0 spiro atoms. The summed E-state index contributed by atoms with van der Waals surface area (Å²) in [6.07, 6.45) is 3.54. The SMILES string of the molecule is C[C@H]1Oc2ccccc2O[C@@H]1C(=O)NCc1cccnc1-n1cncn1. The molecule has 8 heteroatoms. The number of ether oxygens (including phenoxy) is 2. The van der Waals surface area contributed by atoms with Gasteiger partial charge in [0.2, 0.25) is 6.10 Å². The number of benzene rings is 1. The number of rotatable bonds is 4. The predicted molar refractivity (Wildman–Crippen MR) is 91.9 cm³/mol. The molecule has 3 heterocycles. The van der Waals surface area contributed by atoms with Crippen LogP contribution in [0.25, 0.3) is 5.82 Å². The number of nitrogens with one attached hydrogen (secondary N) is 1. The van der Waals surface area contributed by atoms with E-state index in [9.17, 15) is 4.79 Å². The molecule has 26 heavy (non-hydrogen) atoms. The first-order valence-electron chi connectivity index (χ1n) is 8.21. The maximum atomic E-state index is 12.6. The molecule has 132 valence electrons. The van der Waals surface area contributed by atoms with Gasteiger partial charge >= 0.3 is 0 Å². The van der Waals surface area contributed by atoms with Crippen LogP contribution in [0.1, 0.15) is 12.5 Å². The Morgan fingerprint density at radius 2 is 2.00 bits per heavy atom. The van der Waals surface area contributed by atoms with Gasteiger partial charge in [0.05, 0.1) is 0 Å². The zero-order valence-electron chi connectivity index (χ0n) is 14.1. The van der Waals surface area contributed by atoms with Crippen LogP contribution >= 0.6 is 0 Å². The second-order valence-electron chi connectivity index (χ2n) is 5.85. The summed E-state index contributed by atoms with van der Waals surface area (Å²) in [5, 5.41) is 6.97. The third-order valence-electron chi connectivity index (χ3n) is 4.06. The molecular weight excluding hydrogens is 334 g/mol. The molecule has 2 aromatic heterocycles. The summed E-state index contributed by atoms with van der Waals surface area (Å²) >= 11 is 0. The number of amides is 1. The minimum absolute atomic E-state index is 0.250. The minimum atomic E-state index is -0.726. The highest BCUT2D eigenvalue weighted by Crippen LogP contribution is 2.33. The molecular formula is C18H17N5O3. The third-order valence-corrected chi connectivity index (χ3v) is 4.06. The van der Waals surface area contributed by atoms with Crippen LogP contribution in [0.15, 0.2) is 55.2 Å². The molecule has 1 aromatic carbocycles. The summed E-state index contributed by atoms with van der Waals surface area (Å²) < 4.78 is 13.2. The maximum Gasteiger partial charge on any atom is 0.265 e. The predicted octanol–water partition coefficient (Wildman–Crippen LogP) is 1.51. The van der Waals surface area contributed by atoms with Crippen LogP contribution in [0.4, 0.5) is 0 Å². The van der Waals surface area contributed by atoms with E-state index < -0.39 is 12.2 Å². The van der Waals surface area contributed by atoms with E-state index in [2.05, 4.69) is 20.4 Å². The number of pyridine rings is 1. The molecule has 2 atom stereocenters. The lowest BCUT2D eigenvalue weighted by molar-refractivity contribution is -0.133. The van der Waals surface area contributed by atoms with Crippen molar-refractivity contribution >= 4 is 5.91 Å². The Bertz CT molecular complexity index is 913. The molecule has 0 bridgehead atoms. The van der Waals surface area contributed by atoms with Crippen molar-refractivity contribution < 1.29 is 14.3 Å². The average molecular weight is 351 g/mol. The molecule has 1 amide bonds. The summed E-state index contributed by atoms with van der Waals surface area (Å²) in [5.41, 5.74) is 0.816. The van der Waals surface area contributed by atoms with Gasteiger partial charge < -0.3 is 14.8 Å². The van der Waals surface area contributed by atoms with Crippen LogP contribution in [0, 0.1) is 0 Å². The molecule has 8 nitrogen and oxygen atoms in total. The molecule has 0 aliphatic carbocycles. The lowest BCUT2D eigenvalue weighted by Gasteiger charge is -2.31. The van der Waals surface area contributed by atoms with Crippen molar-refractivity contribution in [3.63, 3.8) is 0 Å². The van der Waals surface area contributed by atoms with Crippen molar-refractivity contribution in [2.75, 3.05) is 0 Å². The molecule has 1 aliphatic rings. The first-order valence-corrected chi connectivity index (χ1v) is 8.21. The quantitative estimate of drug-likeness (QED) is 0.766. The molecule has 1 aliphatic heterocycles. The van der Waals surface area contributed by atoms with E-state index in [1.807, 2.05) is 31.2 Å².